The molecule has 0 fully saturated rings. The van der Waals surface area contributed by atoms with Gasteiger partial charge in [0.05, 0.1) is 26.4 Å². The molecule has 0 heterocycles. The number of ether oxygens (including phenoxy) is 3. The van der Waals surface area contributed by atoms with E-state index < -0.39 is 91.5 Å². The maximum absolute atomic E-state index is 13.0. The molecular formula is C89H152O16P2. The van der Waals surface area contributed by atoms with Crippen LogP contribution in [0.3, 0.4) is 0 Å². The molecule has 0 aromatic carbocycles. The highest BCUT2D eigenvalue weighted by Crippen LogP contribution is 2.45. The van der Waals surface area contributed by atoms with Gasteiger partial charge in [-0.05, 0) is 148 Å². The monoisotopic (exact) mass is 1540 g/mol. The lowest BCUT2D eigenvalue weighted by Gasteiger charge is -2.21. The number of carbonyl (C=O) groups excluding carboxylic acids is 3. The van der Waals surface area contributed by atoms with Crippen LogP contribution in [0.25, 0.3) is 0 Å². The molecule has 0 saturated heterocycles. The minimum absolute atomic E-state index is 0.0857. The predicted octanol–water partition coefficient (Wildman–Crippen LogP) is 25.2. The molecule has 614 valence electrons. The summed E-state index contributed by atoms with van der Waals surface area (Å²) in [6.07, 6.45) is 100. The molecule has 0 aliphatic rings. The van der Waals surface area contributed by atoms with Crippen LogP contribution in [0.2, 0.25) is 0 Å². The van der Waals surface area contributed by atoms with Crippen molar-refractivity contribution in [1.82, 2.24) is 0 Å². The summed E-state index contributed by atoms with van der Waals surface area (Å²) in [4.78, 5) is 58.8. The van der Waals surface area contributed by atoms with Crippen molar-refractivity contribution < 1.29 is 75.8 Å². The van der Waals surface area contributed by atoms with Gasteiger partial charge in [0.2, 0.25) is 0 Å². The lowest BCUT2D eigenvalue weighted by Crippen LogP contribution is -2.30. The van der Waals surface area contributed by atoms with Crippen LogP contribution in [-0.2, 0) is 55.8 Å². The summed E-state index contributed by atoms with van der Waals surface area (Å²) in [6.45, 7) is 2.51. The van der Waals surface area contributed by atoms with Gasteiger partial charge in [-0.1, -0.05) is 321 Å². The molecule has 107 heavy (non-hydrogen) atoms. The summed E-state index contributed by atoms with van der Waals surface area (Å²) in [5.41, 5.74) is 0. The first-order valence-corrected chi connectivity index (χ1v) is 45.1. The molecule has 0 aromatic heterocycles. The minimum atomic E-state index is -4.94. The van der Waals surface area contributed by atoms with E-state index in [1.165, 1.54) is 116 Å². The van der Waals surface area contributed by atoms with E-state index in [2.05, 4.69) is 167 Å². The molecule has 16 nitrogen and oxygen atoms in total. The lowest BCUT2D eigenvalue weighted by atomic mass is 10.0. The van der Waals surface area contributed by atoms with E-state index in [0.29, 0.717) is 19.3 Å². The summed E-state index contributed by atoms with van der Waals surface area (Å²) in [5.74, 6) is -1.59. The quantitative estimate of drug-likeness (QED) is 0.0146. The highest BCUT2D eigenvalue weighted by molar-refractivity contribution is 7.47. The maximum atomic E-state index is 13.0. The Bertz CT molecular complexity index is 2530. The van der Waals surface area contributed by atoms with Crippen molar-refractivity contribution in [2.24, 2.45) is 0 Å². The molecule has 0 saturated carbocycles. The number of aliphatic hydroxyl groups excluding tert-OH is 2. The van der Waals surface area contributed by atoms with Crippen molar-refractivity contribution in [3.8, 4) is 0 Å². The number of rotatable bonds is 79. The Balaban J connectivity index is 4.55. The SMILES string of the molecule is CC/C=C\C/C=C\C/C=C\C/C=C\C/C=C\C/C=C\CCCCCCCCCCCCC(=O)OCC(O)COP(=O)(O)OCC(O)COP(=O)(O)OCC(COC(=O)CCCCCCCCCCCCC/C=C\C/C=C\C/C=C\C/C=C\CCCCC)OC(=O)CCCCCCC/C=C\C/C=C\CCCCC. The van der Waals surface area contributed by atoms with E-state index in [1.54, 1.807) is 0 Å². The van der Waals surface area contributed by atoms with E-state index in [4.69, 9.17) is 32.3 Å². The third-order valence-corrected chi connectivity index (χ3v) is 19.4. The van der Waals surface area contributed by atoms with Crippen LogP contribution in [0.15, 0.2) is 146 Å². The zero-order valence-electron chi connectivity index (χ0n) is 67.3. The van der Waals surface area contributed by atoms with E-state index in [0.717, 1.165) is 167 Å². The van der Waals surface area contributed by atoms with Gasteiger partial charge >= 0.3 is 33.6 Å². The van der Waals surface area contributed by atoms with Crippen LogP contribution < -0.4 is 0 Å². The van der Waals surface area contributed by atoms with Crippen molar-refractivity contribution in [2.75, 3.05) is 39.6 Å². The first-order valence-electron chi connectivity index (χ1n) is 42.1. The smallest absolute Gasteiger partial charge is 0.463 e. The molecule has 0 radical (unpaired) electrons. The van der Waals surface area contributed by atoms with Crippen LogP contribution >= 0.6 is 15.6 Å². The van der Waals surface area contributed by atoms with Gasteiger partial charge in [-0.25, -0.2) is 9.13 Å². The highest BCUT2D eigenvalue weighted by Gasteiger charge is 2.29. The van der Waals surface area contributed by atoms with Crippen LogP contribution in [0.1, 0.15) is 342 Å². The standard InChI is InChI=1S/C89H152O16P2/c1-4-7-10-13-16-19-22-25-28-30-32-34-36-38-40-41-43-45-46-48-50-52-55-57-60-63-66-69-72-75-87(92)99-78-84(90)79-101-106(95,96)102-80-85(91)81-103-107(97,98)104-83-86(105-89(94)77-74-71-68-65-62-59-54-27-24-21-18-15-12-9-6-3)82-100-88(93)76-73-70-67-64-61-58-56-53-51-49-47-44-42-39-37-35-33-31-29-26-23-20-17-14-11-8-5-2/h7,10,16-21,25-29,32-35,38-40,42-43,45,54,84-86,90-91H,4-6,8-9,11-15,22-24,30-31,36-37,41,44,46-53,55-83H2,1-3H3,(H,95,96)(H,97,98)/b10-7-,19-16-,20-17-,21-18-,28-25-,29-26-,34-32-,35-33-,40-38-,42-39-,45-43-,54-27-. The van der Waals surface area contributed by atoms with Gasteiger partial charge in [0.1, 0.15) is 25.4 Å². The molecule has 0 aliphatic heterocycles. The third-order valence-electron chi connectivity index (χ3n) is 17.5. The van der Waals surface area contributed by atoms with Gasteiger partial charge in [-0.15, -0.1) is 0 Å². The van der Waals surface area contributed by atoms with E-state index in [-0.39, 0.29) is 19.3 Å². The molecule has 5 unspecified atom stereocenters. The molecule has 0 spiro atoms. The van der Waals surface area contributed by atoms with E-state index in [1.807, 2.05) is 0 Å². The van der Waals surface area contributed by atoms with E-state index in [9.17, 15) is 43.5 Å². The van der Waals surface area contributed by atoms with Crippen LogP contribution in [0.4, 0.5) is 0 Å². The fourth-order valence-corrected chi connectivity index (χ4v) is 12.7. The number of unbranched alkanes of at least 4 members (excludes halogenated alkanes) is 32. The molecule has 5 atom stereocenters. The maximum Gasteiger partial charge on any atom is 0.472 e. The van der Waals surface area contributed by atoms with Crippen molar-refractivity contribution in [3.63, 3.8) is 0 Å². The largest absolute Gasteiger partial charge is 0.472 e. The normalized spacial score (nSPS) is 14.6. The van der Waals surface area contributed by atoms with Gasteiger partial charge in [0, 0.05) is 19.3 Å². The topological polar surface area (TPSA) is 231 Å². The second kappa shape index (κ2) is 80.9. The van der Waals surface area contributed by atoms with Crippen LogP contribution in [-0.4, -0.2) is 95.9 Å². The summed E-state index contributed by atoms with van der Waals surface area (Å²) in [7, 11) is -9.80. The molecule has 4 N–H and O–H groups in total. The van der Waals surface area contributed by atoms with Gasteiger partial charge in [0.15, 0.2) is 6.10 Å². The van der Waals surface area contributed by atoms with Crippen molar-refractivity contribution >= 4 is 33.6 Å². The number of phosphoric ester groups is 2. The van der Waals surface area contributed by atoms with Gasteiger partial charge in [-0.3, -0.25) is 32.5 Å². The lowest BCUT2D eigenvalue weighted by molar-refractivity contribution is -0.161. The summed E-state index contributed by atoms with van der Waals surface area (Å²) < 4.78 is 61.3. The second-order valence-corrected chi connectivity index (χ2v) is 30.8. The number of carbonyl (C=O) groups is 3. The Labute approximate surface area is 651 Å². The summed E-state index contributed by atoms with van der Waals surface area (Å²) >= 11 is 0. The third kappa shape index (κ3) is 82.2. The van der Waals surface area contributed by atoms with E-state index >= 15 is 0 Å². The number of hydrogen-bond donors (Lipinski definition) is 4. The van der Waals surface area contributed by atoms with Gasteiger partial charge in [-0.2, -0.15) is 0 Å². The van der Waals surface area contributed by atoms with Gasteiger partial charge in [0.25, 0.3) is 0 Å². The zero-order valence-corrected chi connectivity index (χ0v) is 69.1. The van der Waals surface area contributed by atoms with Crippen LogP contribution in [0.5, 0.6) is 0 Å². The molecule has 0 aromatic rings. The van der Waals surface area contributed by atoms with Crippen molar-refractivity contribution in [3.05, 3.63) is 146 Å². The molecule has 0 rings (SSSR count). The van der Waals surface area contributed by atoms with Crippen molar-refractivity contribution in [2.45, 2.75) is 360 Å². The summed E-state index contributed by atoms with van der Waals surface area (Å²) in [6, 6.07) is 0. The molecule has 18 heteroatoms. The highest BCUT2D eigenvalue weighted by atomic mass is 31.2. The Morgan fingerprint density at radius 2 is 0.495 bits per heavy atom. The predicted molar refractivity (Wildman–Crippen MR) is 445 cm³/mol. The molecule has 0 amide bonds. The van der Waals surface area contributed by atoms with Crippen LogP contribution in [0, 0.1) is 0 Å². The zero-order chi connectivity index (χ0) is 78.0. The first kappa shape index (κ1) is 102. The average molecular weight is 1540 g/mol. The second-order valence-electron chi connectivity index (χ2n) is 27.9. The Morgan fingerprint density at radius 1 is 0.271 bits per heavy atom. The number of esters is 3. The fourth-order valence-electron chi connectivity index (χ4n) is 11.1. The number of phosphoric acid groups is 2. The fraction of sp³-hybridized carbons (Fsp3) is 0.697. The number of hydrogen-bond acceptors (Lipinski definition) is 14. The summed E-state index contributed by atoms with van der Waals surface area (Å²) in [5, 5.41) is 20.7. The Kier molecular flexibility index (Phi) is 77.5. The number of allylic oxidation sites excluding steroid dienone is 24. The Hall–Kier alpha value is -4.57. The first-order chi connectivity index (χ1) is 52.2. The number of aliphatic hydroxyl groups is 2. The molecular weight excluding hydrogens is 1390 g/mol. The average Bonchev–Trinajstić information content (AvgIpc) is 0.914. The molecule has 0 aliphatic carbocycles. The Morgan fingerprint density at radius 3 is 0.785 bits per heavy atom. The van der Waals surface area contributed by atoms with Crippen molar-refractivity contribution in [1.29, 1.82) is 0 Å². The molecule has 0 bridgehead atoms. The minimum Gasteiger partial charge on any atom is -0.463 e. The van der Waals surface area contributed by atoms with Gasteiger partial charge < -0.3 is 34.2 Å².